The van der Waals surface area contributed by atoms with Crippen LogP contribution in [0, 0.1) is 17.9 Å². The zero-order valence-corrected chi connectivity index (χ0v) is 19.3. The predicted octanol–water partition coefficient (Wildman–Crippen LogP) is 5.53. The van der Waals surface area contributed by atoms with Crippen molar-refractivity contribution in [3.05, 3.63) is 72.8 Å². The molecule has 29 heavy (non-hydrogen) atoms. The molecule has 0 fully saturated rings. The molecule has 0 spiro atoms. The maximum atomic E-state index is 11.0. The molecule has 3 aromatic rings. The summed E-state index contributed by atoms with van der Waals surface area (Å²) in [6.07, 6.45) is 4.76. The van der Waals surface area contributed by atoms with Crippen LogP contribution in [-0.4, -0.2) is 20.9 Å². The Kier molecular flexibility index (Phi) is 10.2. The molecule has 1 radical (unpaired) electrons. The zero-order chi connectivity index (χ0) is 20.5. The van der Waals surface area contributed by atoms with Gasteiger partial charge < -0.3 is 9.84 Å². The maximum Gasteiger partial charge on any atom is 0.219 e. The van der Waals surface area contributed by atoms with Crippen LogP contribution in [0.1, 0.15) is 27.7 Å². The SMILES string of the molecule is CC(C)C(=O)/C=C(\O)C(C)C.[Ir].[c-]1cccnc1Oc1cc2ccccc2cn1. The number of ether oxygens (including phenoxy) is 1. The minimum Gasteiger partial charge on any atom is -0.512 e. The summed E-state index contributed by atoms with van der Waals surface area (Å²) in [6, 6.07) is 16.3. The van der Waals surface area contributed by atoms with Crippen LogP contribution in [0.25, 0.3) is 10.8 Å². The number of aromatic nitrogens is 2. The number of benzene rings is 1. The molecule has 0 atom stereocenters. The van der Waals surface area contributed by atoms with Gasteiger partial charge in [-0.2, -0.15) is 12.1 Å². The summed E-state index contributed by atoms with van der Waals surface area (Å²) in [5.41, 5.74) is 0. The van der Waals surface area contributed by atoms with Gasteiger partial charge in [-0.15, -0.1) is 0 Å². The maximum absolute atomic E-state index is 11.0. The molecule has 0 bridgehead atoms. The molecule has 0 aliphatic heterocycles. The van der Waals surface area contributed by atoms with Crippen molar-refractivity contribution in [2.24, 2.45) is 11.8 Å². The van der Waals surface area contributed by atoms with Gasteiger partial charge in [0.1, 0.15) is 5.88 Å². The number of pyridine rings is 2. The summed E-state index contributed by atoms with van der Waals surface area (Å²) in [7, 11) is 0. The molecule has 155 valence electrons. The fraction of sp³-hybridized carbons (Fsp3) is 0.261. The van der Waals surface area contributed by atoms with E-state index >= 15 is 0 Å². The number of rotatable bonds is 5. The summed E-state index contributed by atoms with van der Waals surface area (Å²) < 4.78 is 5.51. The number of fused-ring (bicyclic) bond motifs is 1. The second-order valence-electron chi connectivity index (χ2n) is 6.84. The van der Waals surface area contributed by atoms with E-state index in [4.69, 9.17) is 4.74 Å². The van der Waals surface area contributed by atoms with Gasteiger partial charge in [0.05, 0.1) is 5.76 Å². The molecule has 2 heterocycles. The quantitative estimate of drug-likeness (QED) is 0.249. The Balaban J connectivity index is 0.000000310. The van der Waals surface area contributed by atoms with Crippen LogP contribution in [0.2, 0.25) is 0 Å². The smallest absolute Gasteiger partial charge is 0.219 e. The van der Waals surface area contributed by atoms with Crippen LogP contribution in [0.4, 0.5) is 0 Å². The van der Waals surface area contributed by atoms with Crippen LogP contribution < -0.4 is 4.74 Å². The van der Waals surface area contributed by atoms with Gasteiger partial charge in [-0.1, -0.05) is 58.2 Å². The van der Waals surface area contributed by atoms with Gasteiger partial charge in [-0.3, -0.25) is 9.78 Å². The number of hydrogen-bond donors (Lipinski definition) is 1. The van der Waals surface area contributed by atoms with E-state index in [-0.39, 0.29) is 43.5 Å². The van der Waals surface area contributed by atoms with E-state index in [9.17, 15) is 9.90 Å². The third-order valence-electron chi connectivity index (χ3n) is 3.84. The summed E-state index contributed by atoms with van der Waals surface area (Å²) in [5, 5.41) is 11.4. The van der Waals surface area contributed by atoms with Crippen molar-refractivity contribution in [1.29, 1.82) is 0 Å². The van der Waals surface area contributed by atoms with Crippen molar-refractivity contribution in [3.8, 4) is 11.8 Å². The van der Waals surface area contributed by atoms with Gasteiger partial charge in [-0.25, -0.2) is 11.1 Å². The Hall–Kier alpha value is -2.56. The van der Waals surface area contributed by atoms with Crippen molar-refractivity contribution in [1.82, 2.24) is 9.97 Å². The molecule has 5 nitrogen and oxygen atoms in total. The zero-order valence-electron chi connectivity index (χ0n) is 16.9. The average molecular weight is 570 g/mol. The average Bonchev–Trinajstić information content (AvgIpc) is 2.69. The standard InChI is InChI=1S/C14H9N2O.C9H16O2.Ir/c1-2-6-12-10-16-14(9-11(12)5-1)17-13-7-3-4-8-15-13;1-6(2)8(10)5-9(11)7(3)4;/h1-6,8-10H;5-7,10H,1-4H3;/q-1;;/b;8-5-;. The van der Waals surface area contributed by atoms with Crippen molar-refractivity contribution in [3.63, 3.8) is 0 Å². The largest absolute Gasteiger partial charge is 0.512 e. The number of carbonyl (C=O) groups excluding carboxylic acids is 1. The monoisotopic (exact) mass is 570 g/mol. The summed E-state index contributed by atoms with van der Waals surface area (Å²) in [4.78, 5) is 19.3. The number of aliphatic hydroxyl groups is 1. The predicted molar refractivity (Wildman–Crippen MR) is 110 cm³/mol. The molecule has 2 aromatic heterocycles. The molecular formula is C23H25IrN2O3-. The Morgan fingerprint density at radius 3 is 2.34 bits per heavy atom. The van der Waals surface area contributed by atoms with Crippen molar-refractivity contribution in [2.45, 2.75) is 27.7 Å². The van der Waals surface area contributed by atoms with Crippen LogP contribution in [0.5, 0.6) is 11.8 Å². The fourth-order valence-electron chi connectivity index (χ4n) is 2.06. The summed E-state index contributed by atoms with van der Waals surface area (Å²) in [6.45, 7) is 7.32. The molecule has 3 rings (SSSR count). The Morgan fingerprint density at radius 1 is 1.07 bits per heavy atom. The number of hydrogen-bond acceptors (Lipinski definition) is 5. The topological polar surface area (TPSA) is 72.3 Å². The van der Waals surface area contributed by atoms with Gasteiger partial charge in [0, 0.05) is 55.7 Å². The molecule has 0 aliphatic carbocycles. The molecule has 1 aromatic carbocycles. The van der Waals surface area contributed by atoms with Crippen molar-refractivity contribution < 1.29 is 34.7 Å². The molecule has 0 amide bonds. The molecule has 0 saturated heterocycles. The number of allylic oxidation sites excluding steroid dienone is 2. The molecular weight excluding hydrogens is 544 g/mol. The van der Waals surface area contributed by atoms with Crippen molar-refractivity contribution in [2.75, 3.05) is 0 Å². The Bertz CT molecular complexity index is 941. The normalized spacial score (nSPS) is 10.9. The minimum atomic E-state index is -0.0316. The van der Waals surface area contributed by atoms with Gasteiger partial charge in [0.15, 0.2) is 5.78 Å². The van der Waals surface area contributed by atoms with Gasteiger partial charge in [0.2, 0.25) is 5.88 Å². The second kappa shape index (κ2) is 12.1. The minimum absolute atomic E-state index is 0. The van der Waals surface area contributed by atoms with E-state index in [1.165, 1.54) is 6.08 Å². The third-order valence-corrected chi connectivity index (χ3v) is 3.84. The van der Waals surface area contributed by atoms with Crippen LogP contribution >= 0.6 is 0 Å². The first-order valence-corrected chi connectivity index (χ1v) is 9.16. The number of nitrogens with zero attached hydrogens (tertiary/aromatic N) is 2. The first kappa shape index (κ1) is 24.5. The summed E-state index contributed by atoms with van der Waals surface area (Å²) in [5.74, 6) is 1.11. The van der Waals surface area contributed by atoms with E-state index in [1.54, 1.807) is 24.5 Å². The van der Waals surface area contributed by atoms with Crippen molar-refractivity contribution >= 4 is 16.6 Å². The summed E-state index contributed by atoms with van der Waals surface area (Å²) >= 11 is 0. The van der Waals surface area contributed by atoms with Gasteiger partial charge in [-0.05, 0) is 5.39 Å². The Labute approximate surface area is 185 Å². The molecule has 0 saturated carbocycles. The van der Waals surface area contributed by atoms with Gasteiger partial charge in [0.25, 0.3) is 0 Å². The molecule has 6 heteroatoms. The number of ketones is 1. The van der Waals surface area contributed by atoms with E-state index in [0.717, 1.165) is 10.8 Å². The first-order chi connectivity index (χ1) is 13.4. The van der Waals surface area contributed by atoms with Crippen LogP contribution in [0.15, 0.2) is 66.7 Å². The van der Waals surface area contributed by atoms with E-state index in [1.807, 2.05) is 58.0 Å². The molecule has 0 aliphatic rings. The van der Waals surface area contributed by atoms with E-state index in [2.05, 4.69) is 16.0 Å². The number of aliphatic hydroxyl groups excluding tert-OH is 1. The number of carbonyl (C=O) groups is 1. The first-order valence-electron chi connectivity index (χ1n) is 9.16. The molecule has 1 N–H and O–H groups in total. The van der Waals surface area contributed by atoms with Crippen LogP contribution in [-0.2, 0) is 24.9 Å². The Morgan fingerprint density at radius 2 is 1.76 bits per heavy atom. The van der Waals surface area contributed by atoms with Gasteiger partial charge >= 0.3 is 0 Å². The van der Waals surface area contributed by atoms with E-state index in [0.29, 0.717) is 11.8 Å². The second-order valence-corrected chi connectivity index (χ2v) is 6.84. The third kappa shape index (κ3) is 8.14. The fourth-order valence-corrected chi connectivity index (χ4v) is 2.06. The molecule has 0 unspecified atom stereocenters. The van der Waals surface area contributed by atoms with Crippen LogP contribution in [0.3, 0.4) is 0 Å². The van der Waals surface area contributed by atoms with E-state index < -0.39 is 0 Å².